The highest BCUT2D eigenvalue weighted by Crippen LogP contribution is 2.12. The fourth-order valence-corrected chi connectivity index (χ4v) is 1.63. The number of aromatic nitrogens is 2. The van der Waals surface area contributed by atoms with Gasteiger partial charge in [-0.3, -0.25) is 14.6 Å². The topological polar surface area (TPSA) is 111 Å². The maximum atomic E-state index is 11.9. The largest absolute Gasteiger partial charge is 0.446 e. The molecule has 0 fully saturated rings. The summed E-state index contributed by atoms with van der Waals surface area (Å²) in [5, 5.41) is 2.61. The van der Waals surface area contributed by atoms with E-state index >= 15 is 0 Å². The van der Waals surface area contributed by atoms with Crippen molar-refractivity contribution in [3.8, 4) is 0 Å². The lowest BCUT2D eigenvalue weighted by molar-refractivity contribution is 0.0941. The van der Waals surface area contributed by atoms with Crippen molar-refractivity contribution >= 4 is 11.8 Å². The van der Waals surface area contributed by atoms with Gasteiger partial charge < -0.3 is 15.5 Å². The summed E-state index contributed by atoms with van der Waals surface area (Å²) in [6.07, 6.45) is 2.83. The zero-order valence-corrected chi connectivity index (χ0v) is 11.8. The monoisotopic (exact) mass is 288 g/mol. The molecular weight excluding hydrogens is 272 g/mol. The van der Waals surface area contributed by atoms with Crippen LogP contribution in [-0.2, 0) is 6.54 Å². The average Bonchev–Trinajstić information content (AvgIpc) is 2.94. The Morgan fingerprint density at radius 2 is 2.10 bits per heavy atom. The zero-order chi connectivity index (χ0) is 15.4. The average molecular weight is 288 g/mol. The molecule has 0 saturated carbocycles. The van der Waals surface area contributed by atoms with Gasteiger partial charge in [-0.25, -0.2) is 4.98 Å². The fraction of sp³-hybridized carbons (Fsp3) is 0.286. The normalized spacial score (nSPS) is 10.6. The molecule has 0 aromatic carbocycles. The quantitative estimate of drug-likeness (QED) is 0.859. The van der Waals surface area contributed by atoms with E-state index in [2.05, 4.69) is 29.1 Å². The first kappa shape index (κ1) is 14.7. The third kappa shape index (κ3) is 3.65. The van der Waals surface area contributed by atoms with E-state index in [1.54, 1.807) is 12.3 Å². The van der Waals surface area contributed by atoms with Crippen molar-refractivity contribution in [2.75, 3.05) is 0 Å². The number of amides is 2. The molecule has 7 heteroatoms. The minimum absolute atomic E-state index is 0.0265. The summed E-state index contributed by atoms with van der Waals surface area (Å²) < 4.78 is 5.02. The summed E-state index contributed by atoms with van der Waals surface area (Å²) in [5.41, 5.74) is 6.45. The number of carbonyl (C=O) groups is 2. The molecule has 0 saturated heterocycles. The Morgan fingerprint density at radius 3 is 2.62 bits per heavy atom. The molecule has 2 aromatic rings. The van der Waals surface area contributed by atoms with Crippen LogP contribution in [0, 0.1) is 0 Å². The molecule has 110 valence electrons. The van der Waals surface area contributed by atoms with Crippen molar-refractivity contribution in [2.24, 2.45) is 5.73 Å². The summed E-state index contributed by atoms with van der Waals surface area (Å²) in [5.74, 6) is -0.462. The second-order valence-corrected chi connectivity index (χ2v) is 4.80. The standard InChI is InChI=1S/C14H16N4O3/c1-8(2)9-3-4-10(16-5-9)14(20)17-6-12-18-11(7-21-12)13(15)19/h3-5,7-8H,6H2,1-2H3,(H2,15,19)(H,17,20). The van der Waals surface area contributed by atoms with Crippen LogP contribution in [0.4, 0.5) is 0 Å². The molecule has 0 aliphatic heterocycles. The number of carbonyl (C=O) groups excluding carboxylic acids is 2. The molecule has 2 aromatic heterocycles. The molecule has 0 aliphatic rings. The molecule has 0 atom stereocenters. The van der Waals surface area contributed by atoms with Gasteiger partial charge in [0.1, 0.15) is 12.0 Å². The number of nitrogens with two attached hydrogens (primary N) is 1. The lowest BCUT2D eigenvalue weighted by Crippen LogP contribution is -2.24. The molecular formula is C14H16N4O3. The van der Waals surface area contributed by atoms with Crippen molar-refractivity contribution in [3.05, 3.63) is 47.4 Å². The van der Waals surface area contributed by atoms with Crippen molar-refractivity contribution in [1.82, 2.24) is 15.3 Å². The summed E-state index contributed by atoms with van der Waals surface area (Å²) in [6.45, 7) is 4.16. The molecule has 3 N–H and O–H groups in total. The van der Waals surface area contributed by atoms with Crippen LogP contribution in [0.15, 0.2) is 29.0 Å². The molecule has 0 bridgehead atoms. The lowest BCUT2D eigenvalue weighted by atomic mass is 10.1. The van der Waals surface area contributed by atoms with Gasteiger partial charge in [-0.05, 0) is 17.5 Å². The molecule has 0 radical (unpaired) electrons. The van der Waals surface area contributed by atoms with Crippen LogP contribution in [0.25, 0.3) is 0 Å². The van der Waals surface area contributed by atoms with Crippen molar-refractivity contribution in [3.63, 3.8) is 0 Å². The molecule has 0 spiro atoms. The maximum Gasteiger partial charge on any atom is 0.270 e. The molecule has 2 rings (SSSR count). The number of pyridine rings is 1. The Balaban J connectivity index is 1.96. The maximum absolute atomic E-state index is 11.9. The smallest absolute Gasteiger partial charge is 0.270 e. The number of rotatable bonds is 5. The van der Waals surface area contributed by atoms with Crippen LogP contribution in [-0.4, -0.2) is 21.8 Å². The van der Waals surface area contributed by atoms with Crippen LogP contribution in [0.5, 0.6) is 0 Å². The molecule has 2 amide bonds. The first-order valence-corrected chi connectivity index (χ1v) is 6.45. The lowest BCUT2D eigenvalue weighted by Gasteiger charge is -2.06. The van der Waals surface area contributed by atoms with Gasteiger partial charge in [-0.1, -0.05) is 19.9 Å². The number of hydrogen-bond donors (Lipinski definition) is 2. The number of hydrogen-bond acceptors (Lipinski definition) is 5. The van der Waals surface area contributed by atoms with E-state index in [-0.39, 0.29) is 24.0 Å². The van der Waals surface area contributed by atoms with Crippen LogP contribution < -0.4 is 11.1 Å². The number of nitrogens with one attached hydrogen (secondary N) is 1. The zero-order valence-electron chi connectivity index (χ0n) is 11.8. The number of nitrogens with zero attached hydrogens (tertiary/aromatic N) is 2. The van der Waals surface area contributed by atoms with Gasteiger partial charge in [-0.15, -0.1) is 0 Å². The van der Waals surface area contributed by atoms with Crippen LogP contribution >= 0.6 is 0 Å². The first-order valence-electron chi connectivity index (χ1n) is 6.45. The predicted molar refractivity (Wildman–Crippen MR) is 74.5 cm³/mol. The van der Waals surface area contributed by atoms with Gasteiger partial charge in [0, 0.05) is 6.20 Å². The van der Waals surface area contributed by atoms with E-state index in [0.717, 1.165) is 11.8 Å². The Bertz CT molecular complexity index is 646. The highest BCUT2D eigenvalue weighted by molar-refractivity contribution is 5.92. The van der Waals surface area contributed by atoms with Gasteiger partial charge in [0.05, 0.1) is 6.54 Å². The fourth-order valence-electron chi connectivity index (χ4n) is 1.63. The third-order valence-corrected chi connectivity index (χ3v) is 2.89. The Kier molecular flexibility index (Phi) is 4.32. The van der Waals surface area contributed by atoms with Crippen molar-refractivity contribution < 1.29 is 14.0 Å². The van der Waals surface area contributed by atoms with E-state index in [0.29, 0.717) is 11.6 Å². The van der Waals surface area contributed by atoms with Crippen LogP contribution in [0.1, 0.15) is 52.2 Å². The minimum atomic E-state index is -0.678. The molecule has 21 heavy (non-hydrogen) atoms. The van der Waals surface area contributed by atoms with Gasteiger partial charge in [0.25, 0.3) is 11.8 Å². The van der Waals surface area contributed by atoms with Gasteiger partial charge in [-0.2, -0.15) is 0 Å². The summed E-state index contributed by atoms with van der Waals surface area (Å²) in [4.78, 5) is 30.7. The van der Waals surface area contributed by atoms with E-state index in [9.17, 15) is 9.59 Å². The highest BCUT2D eigenvalue weighted by atomic mass is 16.3. The van der Waals surface area contributed by atoms with Crippen LogP contribution in [0.3, 0.4) is 0 Å². The number of oxazole rings is 1. The van der Waals surface area contributed by atoms with Crippen LogP contribution in [0.2, 0.25) is 0 Å². The number of primary amides is 1. The van der Waals surface area contributed by atoms with Crippen molar-refractivity contribution in [1.29, 1.82) is 0 Å². The van der Waals surface area contributed by atoms with E-state index < -0.39 is 5.91 Å². The first-order chi connectivity index (χ1) is 9.97. The summed E-state index contributed by atoms with van der Waals surface area (Å²) in [7, 11) is 0. The van der Waals surface area contributed by atoms with Gasteiger partial charge >= 0.3 is 0 Å². The van der Waals surface area contributed by atoms with Crippen molar-refractivity contribution in [2.45, 2.75) is 26.3 Å². The SMILES string of the molecule is CC(C)c1ccc(C(=O)NCc2nc(C(N)=O)co2)nc1. The van der Waals surface area contributed by atoms with E-state index in [4.69, 9.17) is 10.2 Å². The van der Waals surface area contributed by atoms with E-state index in [1.807, 2.05) is 6.07 Å². The molecule has 0 aliphatic carbocycles. The van der Waals surface area contributed by atoms with E-state index in [1.165, 1.54) is 0 Å². The minimum Gasteiger partial charge on any atom is -0.446 e. The summed E-state index contributed by atoms with van der Waals surface area (Å²) >= 11 is 0. The molecule has 2 heterocycles. The third-order valence-electron chi connectivity index (χ3n) is 2.89. The van der Waals surface area contributed by atoms with Gasteiger partial charge in [0.15, 0.2) is 5.69 Å². The highest BCUT2D eigenvalue weighted by Gasteiger charge is 2.12. The summed E-state index contributed by atoms with van der Waals surface area (Å²) in [6, 6.07) is 3.53. The Hall–Kier alpha value is -2.70. The second-order valence-electron chi connectivity index (χ2n) is 4.80. The Labute approximate surface area is 121 Å². The second kappa shape index (κ2) is 6.17. The Morgan fingerprint density at radius 1 is 1.33 bits per heavy atom. The molecule has 0 unspecified atom stereocenters. The van der Waals surface area contributed by atoms with Gasteiger partial charge in [0.2, 0.25) is 5.89 Å². The molecule has 7 nitrogen and oxygen atoms in total. The predicted octanol–water partition coefficient (Wildman–Crippen LogP) is 1.22.